The number of piperidine rings is 1. The second-order valence-electron chi connectivity index (χ2n) is 8.77. The molecule has 0 bridgehead atoms. The monoisotopic (exact) mass is 452 g/mol. The minimum absolute atomic E-state index is 0.0599. The first kappa shape index (κ1) is 21.8. The van der Waals surface area contributed by atoms with E-state index in [1.165, 1.54) is 5.56 Å². The van der Waals surface area contributed by atoms with Gasteiger partial charge in [0.25, 0.3) is 0 Å². The maximum Gasteiger partial charge on any atom is 0.229 e. The highest BCUT2D eigenvalue weighted by Crippen LogP contribution is 2.24. The predicted octanol–water partition coefficient (Wildman–Crippen LogP) is 4.61. The van der Waals surface area contributed by atoms with Crippen LogP contribution in [0.2, 0.25) is 0 Å². The molecule has 0 spiro atoms. The maximum atomic E-state index is 12.8. The molecule has 2 N–H and O–H groups in total. The van der Waals surface area contributed by atoms with Gasteiger partial charge >= 0.3 is 0 Å². The minimum atomic E-state index is -0.0599. The largest absolute Gasteiger partial charge is 0.356 e. The van der Waals surface area contributed by atoms with Crippen molar-refractivity contribution in [3.05, 3.63) is 84.2 Å². The summed E-state index contributed by atoms with van der Waals surface area (Å²) in [6.07, 6.45) is 5.37. The number of fused-ring (bicyclic) bond motifs is 1. The number of anilines is 3. The average molecular weight is 453 g/mol. The molecule has 1 atom stereocenters. The number of aryl methyl sites for hydroxylation is 1. The third-order valence-electron chi connectivity index (χ3n) is 6.19. The fraction of sp³-hybridized carbons (Fsp3) is 0.259. The number of para-hydroxylation sites is 1. The Balaban J connectivity index is 1.23. The number of amides is 1. The summed E-state index contributed by atoms with van der Waals surface area (Å²) >= 11 is 0. The van der Waals surface area contributed by atoms with E-state index in [-0.39, 0.29) is 11.8 Å². The van der Waals surface area contributed by atoms with Crippen LogP contribution in [0.5, 0.6) is 0 Å². The molecule has 1 fully saturated rings. The molecule has 3 heterocycles. The van der Waals surface area contributed by atoms with Gasteiger partial charge in [0.05, 0.1) is 23.3 Å². The summed E-state index contributed by atoms with van der Waals surface area (Å²) in [7, 11) is 0. The zero-order valence-electron chi connectivity index (χ0n) is 19.2. The van der Waals surface area contributed by atoms with E-state index >= 15 is 0 Å². The number of hydrogen-bond acceptors (Lipinski definition) is 6. The quantitative estimate of drug-likeness (QED) is 0.445. The Bertz CT molecular complexity index is 1290. The van der Waals surface area contributed by atoms with Crippen LogP contribution in [0.15, 0.2) is 73.1 Å². The zero-order chi connectivity index (χ0) is 23.3. The van der Waals surface area contributed by atoms with Crippen molar-refractivity contribution in [1.82, 2.24) is 20.3 Å². The van der Waals surface area contributed by atoms with Gasteiger partial charge in [-0.2, -0.15) is 4.98 Å². The fourth-order valence-corrected chi connectivity index (χ4v) is 4.29. The molecular weight excluding hydrogens is 424 g/mol. The van der Waals surface area contributed by atoms with Gasteiger partial charge < -0.3 is 15.5 Å². The normalized spacial score (nSPS) is 15.8. The zero-order valence-corrected chi connectivity index (χ0v) is 19.2. The van der Waals surface area contributed by atoms with Gasteiger partial charge in [0, 0.05) is 31.2 Å². The molecule has 1 aliphatic heterocycles. The number of nitrogens with one attached hydrogen (secondary N) is 2. The van der Waals surface area contributed by atoms with Gasteiger partial charge in [-0.15, -0.1) is 0 Å². The Morgan fingerprint density at radius 3 is 2.82 bits per heavy atom. The molecule has 0 saturated carbocycles. The van der Waals surface area contributed by atoms with Crippen LogP contribution in [-0.2, 0) is 11.3 Å². The number of pyridine rings is 1. The van der Waals surface area contributed by atoms with Crippen molar-refractivity contribution in [3.63, 3.8) is 0 Å². The van der Waals surface area contributed by atoms with Crippen molar-refractivity contribution in [2.75, 3.05) is 23.3 Å². The van der Waals surface area contributed by atoms with Gasteiger partial charge in [0.2, 0.25) is 11.9 Å². The van der Waals surface area contributed by atoms with Crippen LogP contribution in [0.3, 0.4) is 0 Å². The first-order valence-corrected chi connectivity index (χ1v) is 11.7. The summed E-state index contributed by atoms with van der Waals surface area (Å²) in [5.41, 5.74) is 4.11. The topological polar surface area (TPSA) is 83.0 Å². The lowest BCUT2D eigenvalue weighted by atomic mass is 9.97. The Labute approximate surface area is 199 Å². The smallest absolute Gasteiger partial charge is 0.229 e. The van der Waals surface area contributed by atoms with Crippen LogP contribution in [0.4, 0.5) is 17.5 Å². The fourth-order valence-electron chi connectivity index (χ4n) is 4.29. The van der Waals surface area contributed by atoms with E-state index in [1.807, 2.05) is 36.4 Å². The minimum Gasteiger partial charge on any atom is -0.356 e. The van der Waals surface area contributed by atoms with Crippen molar-refractivity contribution >= 4 is 34.3 Å². The van der Waals surface area contributed by atoms with Crippen LogP contribution in [0, 0.1) is 12.8 Å². The van der Waals surface area contributed by atoms with Crippen LogP contribution in [0.25, 0.3) is 10.9 Å². The van der Waals surface area contributed by atoms with Crippen molar-refractivity contribution < 1.29 is 4.79 Å². The maximum absolute atomic E-state index is 12.8. The SMILES string of the molecule is Cc1ccc(CNC(=O)C2CCCN(c3ccnc(Nc4cnc5ccccc5c4)n3)C2)cc1. The highest BCUT2D eigenvalue weighted by atomic mass is 16.1. The Hall–Kier alpha value is -4.00. The summed E-state index contributed by atoms with van der Waals surface area (Å²) in [4.78, 5) is 28.6. The molecule has 172 valence electrons. The molecule has 7 nitrogen and oxygen atoms in total. The highest BCUT2D eigenvalue weighted by Gasteiger charge is 2.26. The molecule has 2 aromatic heterocycles. The molecule has 34 heavy (non-hydrogen) atoms. The van der Waals surface area contributed by atoms with E-state index < -0.39 is 0 Å². The highest BCUT2D eigenvalue weighted by molar-refractivity contribution is 5.82. The third kappa shape index (κ3) is 5.14. The number of aromatic nitrogens is 3. The molecule has 1 aliphatic rings. The summed E-state index contributed by atoms with van der Waals surface area (Å²) in [5, 5.41) is 7.42. The molecule has 5 rings (SSSR count). The van der Waals surface area contributed by atoms with E-state index in [4.69, 9.17) is 4.98 Å². The second-order valence-corrected chi connectivity index (χ2v) is 8.77. The Morgan fingerprint density at radius 2 is 1.94 bits per heavy atom. The van der Waals surface area contributed by atoms with Gasteiger partial charge in [-0.3, -0.25) is 9.78 Å². The molecule has 4 aromatic rings. The molecule has 7 heteroatoms. The molecule has 1 saturated heterocycles. The molecule has 2 aromatic carbocycles. The number of hydrogen-bond donors (Lipinski definition) is 2. The number of carbonyl (C=O) groups is 1. The molecule has 1 unspecified atom stereocenters. The predicted molar refractivity (Wildman–Crippen MR) is 135 cm³/mol. The van der Waals surface area contributed by atoms with Crippen LogP contribution in [-0.4, -0.2) is 33.9 Å². The van der Waals surface area contributed by atoms with Gasteiger partial charge in [0.1, 0.15) is 5.82 Å². The van der Waals surface area contributed by atoms with Crippen LogP contribution >= 0.6 is 0 Å². The number of rotatable bonds is 6. The standard InChI is InChI=1S/C27H28N6O/c1-19-8-10-20(11-9-19)16-30-26(34)22-6-4-14-33(18-22)25-12-13-28-27(32-25)31-23-15-21-5-2-3-7-24(21)29-17-23/h2-3,5,7-13,15,17,22H,4,6,14,16,18H2,1H3,(H,30,34)(H,28,31,32). The van der Waals surface area contributed by atoms with Crippen molar-refractivity contribution in [2.24, 2.45) is 5.92 Å². The van der Waals surface area contributed by atoms with Gasteiger partial charge in [-0.25, -0.2) is 4.98 Å². The molecular formula is C27H28N6O. The van der Waals surface area contributed by atoms with E-state index in [1.54, 1.807) is 12.4 Å². The van der Waals surface area contributed by atoms with Crippen molar-refractivity contribution in [1.29, 1.82) is 0 Å². The lowest BCUT2D eigenvalue weighted by molar-refractivity contribution is -0.125. The van der Waals surface area contributed by atoms with Crippen molar-refractivity contribution in [2.45, 2.75) is 26.3 Å². The molecule has 1 amide bonds. The Kier molecular flexibility index (Phi) is 6.33. The number of benzene rings is 2. The van der Waals surface area contributed by atoms with Crippen LogP contribution < -0.4 is 15.5 Å². The lowest BCUT2D eigenvalue weighted by Crippen LogP contribution is -2.43. The lowest BCUT2D eigenvalue weighted by Gasteiger charge is -2.33. The molecule has 0 radical (unpaired) electrons. The average Bonchev–Trinajstić information content (AvgIpc) is 2.88. The van der Waals surface area contributed by atoms with E-state index in [0.29, 0.717) is 19.0 Å². The van der Waals surface area contributed by atoms with Gasteiger partial charge in [0.15, 0.2) is 0 Å². The number of nitrogens with zero attached hydrogens (tertiary/aromatic N) is 4. The van der Waals surface area contributed by atoms with E-state index in [2.05, 4.69) is 56.7 Å². The summed E-state index contributed by atoms with van der Waals surface area (Å²) in [6, 6.07) is 20.2. The van der Waals surface area contributed by atoms with Gasteiger partial charge in [-0.05, 0) is 43.5 Å². The van der Waals surface area contributed by atoms with Gasteiger partial charge in [-0.1, -0.05) is 48.0 Å². The van der Waals surface area contributed by atoms with Crippen molar-refractivity contribution in [3.8, 4) is 0 Å². The number of carbonyl (C=O) groups excluding carboxylic acids is 1. The second kappa shape index (κ2) is 9.87. The summed E-state index contributed by atoms with van der Waals surface area (Å²) in [5.74, 6) is 1.37. The first-order valence-electron chi connectivity index (χ1n) is 11.7. The third-order valence-corrected chi connectivity index (χ3v) is 6.19. The first-order chi connectivity index (χ1) is 16.6. The molecule has 0 aliphatic carbocycles. The summed E-state index contributed by atoms with van der Waals surface area (Å²) < 4.78 is 0. The van der Waals surface area contributed by atoms with E-state index in [9.17, 15) is 4.79 Å². The Morgan fingerprint density at radius 1 is 1.09 bits per heavy atom. The van der Waals surface area contributed by atoms with E-state index in [0.717, 1.165) is 47.4 Å². The van der Waals surface area contributed by atoms with Crippen LogP contribution in [0.1, 0.15) is 24.0 Å². The summed E-state index contributed by atoms with van der Waals surface area (Å²) in [6.45, 7) is 4.13.